The third-order valence-electron chi connectivity index (χ3n) is 6.14. The lowest BCUT2D eigenvalue weighted by Gasteiger charge is -2.24. The van der Waals surface area contributed by atoms with Gasteiger partial charge < -0.3 is 9.80 Å². The van der Waals surface area contributed by atoms with E-state index in [1.54, 1.807) is 18.5 Å². The minimum atomic E-state index is -0.0370. The van der Waals surface area contributed by atoms with Crippen LogP contribution in [0, 0.1) is 5.92 Å². The Morgan fingerprint density at radius 2 is 1.82 bits per heavy atom. The summed E-state index contributed by atoms with van der Waals surface area (Å²) >= 11 is 0. The Labute approximate surface area is 193 Å². The van der Waals surface area contributed by atoms with E-state index in [1.807, 2.05) is 29.3 Å². The number of para-hydroxylation sites is 1. The van der Waals surface area contributed by atoms with Gasteiger partial charge in [0, 0.05) is 55.7 Å². The highest BCUT2D eigenvalue weighted by molar-refractivity contribution is 5.93. The van der Waals surface area contributed by atoms with Gasteiger partial charge in [-0.25, -0.2) is 15.0 Å². The average molecular weight is 439 g/mol. The Morgan fingerprint density at radius 3 is 2.70 bits per heavy atom. The van der Waals surface area contributed by atoms with Crippen LogP contribution in [0.5, 0.6) is 0 Å². The van der Waals surface area contributed by atoms with Gasteiger partial charge in [-0.15, -0.1) is 0 Å². The van der Waals surface area contributed by atoms with Crippen molar-refractivity contribution >= 4 is 16.8 Å². The third-order valence-corrected chi connectivity index (χ3v) is 6.14. The van der Waals surface area contributed by atoms with Crippen LogP contribution in [0.25, 0.3) is 22.2 Å². The molecule has 1 amide bonds. The molecule has 1 atom stereocenters. The number of likely N-dealkylation sites (N-methyl/N-ethyl adjacent to an activating group) is 1. The number of nitrogens with zero attached hydrogens (tertiary/aromatic N) is 6. The smallest absolute Gasteiger partial charge is 0.272 e. The first-order valence-electron chi connectivity index (χ1n) is 11.2. The predicted molar refractivity (Wildman–Crippen MR) is 128 cm³/mol. The summed E-state index contributed by atoms with van der Waals surface area (Å²) < 4.78 is 0. The van der Waals surface area contributed by atoms with E-state index in [0.29, 0.717) is 30.4 Å². The van der Waals surface area contributed by atoms with Gasteiger partial charge in [0.05, 0.1) is 11.2 Å². The molecule has 1 aliphatic rings. The lowest BCUT2D eigenvalue weighted by Crippen LogP contribution is -2.37. The van der Waals surface area contributed by atoms with Crippen LogP contribution in [0.4, 0.5) is 0 Å². The van der Waals surface area contributed by atoms with Crippen LogP contribution >= 0.6 is 0 Å². The summed E-state index contributed by atoms with van der Waals surface area (Å²) in [7, 11) is 2.12. The number of amides is 1. The Hall–Kier alpha value is -3.71. The molecule has 0 bridgehead atoms. The zero-order chi connectivity index (χ0) is 22.6. The van der Waals surface area contributed by atoms with Crippen LogP contribution in [-0.4, -0.2) is 68.9 Å². The first-order chi connectivity index (χ1) is 16.2. The minimum Gasteiger partial charge on any atom is -0.336 e. The second-order valence-electron chi connectivity index (χ2n) is 8.61. The summed E-state index contributed by atoms with van der Waals surface area (Å²) in [6, 6.07) is 15.9. The zero-order valence-electron chi connectivity index (χ0n) is 18.6. The van der Waals surface area contributed by atoms with Gasteiger partial charge in [-0.3, -0.25) is 9.78 Å². The van der Waals surface area contributed by atoms with Crippen LogP contribution in [0.1, 0.15) is 16.1 Å². The highest BCUT2D eigenvalue weighted by atomic mass is 16.2. The molecule has 4 heterocycles. The molecular formula is C26H26N6O. The number of hydrogen-bond donors (Lipinski definition) is 0. The highest BCUT2D eigenvalue weighted by Gasteiger charge is 2.26. The summed E-state index contributed by atoms with van der Waals surface area (Å²) in [5.41, 5.74) is 4.22. The van der Waals surface area contributed by atoms with Crippen LogP contribution in [0.15, 0.2) is 73.4 Å². The number of carbonyl (C=O) groups is 1. The maximum atomic E-state index is 13.5. The van der Waals surface area contributed by atoms with E-state index < -0.39 is 0 Å². The van der Waals surface area contributed by atoms with Gasteiger partial charge in [0.25, 0.3) is 5.91 Å². The molecule has 33 heavy (non-hydrogen) atoms. The molecule has 7 nitrogen and oxygen atoms in total. The lowest BCUT2D eigenvalue weighted by molar-refractivity contribution is 0.0740. The Kier molecular flexibility index (Phi) is 6.04. The first kappa shape index (κ1) is 21.2. The van der Waals surface area contributed by atoms with E-state index in [9.17, 15) is 4.79 Å². The number of benzene rings is 1. The normalized spacial score (nSPS) is 17.1. The van der Waals surface area contributed by atoms with Crippen molar-refractivity contribution in [1.82, 2.24) is 29.7 Å². The number of carbonyl (C=O) groups excluding carboxylic acids is 1. The fourth-order valence-electron chi connectivity index (χ4n) is 4.55. The zero-order valence-corrected chi connectivity index (χ0v) is 18.6. The molecule has 1 aliphatic heterocycles. The molecule has 1 fully saturated rings. The van der Waals surface area contributed by atoms with Gasteiger partial charge in [0.1, 0.15) is 12.0 Å². The summed E-state index contributed by atoms with van der Waals surface area (Å²) in [4.78, 5) is 35.1. The second-order valence-corrected chi connectivity index (χ2v) is 8.61. The van der Waals surface area contributed by atoms with Crippen molar-refractivity contribution in [3.63, 3.8) is 0 Å². The van der Waals surface area contributed by atoms with Crippen molar-refractivity contribution in [3.05, 3.63) is 84.7 Å². The molecule has 0 aliphatic carbocycles. The van der Waals surface area contributed by atoms with Crippen molar-refractivity contribution in [2.75, 3.05) is 33.2 Å². The molecule has 1 saturated heterocycles. The summed E-state index contributed by atoms with van der Waals surface area (Å²) in [5.74, 6) is 0.268. The molecule has 0 saturated carbocycles. The van der Waals surface area contributed by atoms with Crippen molar-refractivity contribution < 1.29 is 4.79 Å². The maximum Gasteiger partial charge on any atom is 0.272 e. The highest BCUT2D eigenvalue weighted by Crippen LogP contribution is 2.22. The number of aromatic nitrogens is 4. The summed E-state index contributed by atoms with van der Waals surface area (Å²) in [5, 5.41) is 1.15. The minimum absolute atomic E-state index is 0.0370. The molecule has 0 radical (unpaired) electrons. The van der Waals surface area contributed by atoms with Crippen LogP contribution < -0.4 is 0 Å². The van der Waals surface area contributed by atoms with Crippen molar-refractivity contribution in [2.45, 2.75) is 6.42 Å². The first-order valence-corrected chi connectivity index (χ1v) is 11.2. The fraction of sp³-hybridized carbons (Fsp3) is 0.269. The molecule has 0 spiro atoms. The van der Waals surface area contributed by atoms with E-state index in [1.165, 1.54) is 11.9 Å². The van der Waals surface area contributed by atoms with Crippen LogP contribution in [0.2, 0.25) is 0 Å². The maximum absolute atomic E-state index is 13.5. The molecule has 0 N–H and O–H groups in total. The van der Waals surface area contributed by atoms with Crippen LogP contribution in [0.3, 0.4) is 0 Å². The molecule has 1 aromatic carbocycles. The summed E-state index contributed by atoms with van der Waals surface area (Å²) in [6.07, 6.45) is 7.61. The van der Waals surface area contributed by atoms with E-state index in [0.717, 1.165) is 36.0 Å². The Bertz CT molecular complexity index is 1260. The fourth-order valence-corrected chi connectivity index (χ4v) is 4.55. The van der Waals surface area contributed by atoms with E-state index in [2.05, 4.69) is 56.1 Å². The molecular weight excluding hydrogens is 412 g/mol. The largest absolute Gasteiger partial charge is 0.336 e. The quantitative estimate of drug-likeness (QED) is 0.487. The monoisotopic (exact) mass is 438 g/mol. The molecule has 7 heteroatoms. The van der Waals surface area contributed by atoms with Gasteiger partial charge >= 0.3 is 0 Å². The third kappa shape index (κ3) is 4.73. The SMILES string of the molecule is CN1CCN(C(=O)c2cccc(-c3cncnc3)n2)C[C@@H](Cc2cccc3cccnc23)C1. The van der Waals surface area contributed by atoms with Gasteiger partial charge in [-0.05, 0) is 43.1 Å². The van der Waals surface area contributed by atoms with Gasteiger partial charge in [0.15, 0.2) is 0 Å². The summed E-state index contributed by atoms with van der Waals surface area (Å²) in [6.45, 7) is 3.14. The molecule has 166 valence electrons. The van der Waals surface area contributed by atoms with Crippen molar-refractivity contribution in [1.29, 1.82) is 0 Å². The average Bonchev–Trinajstić information content (AvgIpc) is 3.05. The molecule has 4 aromatic rings. The Balaban J connectivity index is 1.38. The Morgan fingerprint density at radius 1 is 1.00 bits per heavy atom. The molecule has 5 rings (SSSR count). The standard InChI is InChI=1S/C26H26N6O/c1-31-11-12-32(26(33)24-9-3-8-23(30-24)22-14-27-18-28-15-22)17-19(16-31)13-21-6-2-5-20-7-4-10-29-25(20)21/h2-10,14-15,18-19H,11-13,16-17H2,1H3/t19-/m0/s1. The number of rotatable bonds is 4. The number of hydrogen-bond acceptors (Lipinski definition) is 6. The van der Waals surface area contributed by atoms with E-state index in [-0.39, 0.29) is 5.91 Å². The van der Waals surface area contributed by atoms with Crippen molar-refractivity contribution in [2.24, 2.45) is 5.92 Å². The lowest BCUT2D eigenvalue weighted by atomic mass is 9.96. The van der Waals surface area contributed by atoms with Gasteiger partial charge in [-0.1, -0.05) is 30.3 Å². The van der Waals surface area contributed by atoms with E-state index in [4.69, 9.17) is 0 Å². The van der Waals surface area contributed by atoms with E-state index >= 15 is 0 Å². The van der Waals surface area contributed by atoms with Crippen LogP contribution in [-0.2, 0) is 6.42 Å². The van der Waals surface area contributed by atoms with Gasteiger partial charge in [-0.2, -0.15) is 0 Å². The molecule has 3 aromatic heterocycles. The van der Waals surface area contributed by atoms with Crippen molar-refractivity contribution in [3.8, 4) is 11.3 Å². The molecule has 0 unspecified atom stereocenters. The predicted octanol–water partition coefficient (Wildman–Crippen LogP) is 3.33. The topological polar surface area (TPSA) is 75.1 Å². The second kappa shape index (κ2) is 9.42. The van der Waals surface area contributed by atoms with Gasteiger partial charge in [0.2, 0.25) is 0 Å². The number of fused-ring (bicyclic) bond motifs is 1. The number of pyridine rings is 2.